The predicted octanol–water partition coefficient (Wildman–Crippen LogP) is 2.86. The van der Waals surface area contributed by atoms with Gasteiger partial charge in [0.1, 0.15) is 0 Å². The summed E-state index contributed by atoms with van der Waals surface area (Å²) in [6.07, 6.45) is 1.61. The number of H-pyrrole nitrogens is 1. The van der Waals surface area contributed by atoms with Crippen molar-refractivity contribution in [2.75, 3.05) is 0 Å². The number of hydrogen-bond donors (Lipinski definition) is 1. The van der Waals surface area contributed by atoms with Crippen molar-refractivity contribution < 1.29 is 4.79 Å². The van der Waals surface area contributed by atoms with Gasteiger partial charge in [-0.25, -0.2) is 4.98 Å². The zero-order chi connectivity index (χ0) is 15.1. The molecule has 2 aromatic heterocycles. The number of carbonyl (C=O) groups is 1. The van der Waals surface area contributed by atoms with Crippen LogP contribution in [0.1, 0.15) is 10.4 Å². The van der Waals surface area contributed by atoms with Crippen LogP contribution in [0.5, 0.6) is 0 Å². The second kappa shape index (κ2) is 4.92. The molecule has 4 rings (SSSR count). The number of aryl methyl sites for hydroxylation is 1. The number of aromatic amines is 1. The number of nitrogens with one attached hydrogen (secondary N) is 1. The van der Waals surface area contributed by atoms with E-state index in [0.29, 0.717) is 10.4 Å². The summed E-state index contributed by atoms with van der Waals surface area (Å²) in [6, 6.07) is 13.4. The molecular formula is C16H12N4OS. The van der Waals surface area contributed by atoms with Crippen LogP contribution >= 0.6 is 11.3 Å². The van der Waals surface area contributed by atoms with Gasteiger partial charge in [-0.1, -0.05) is 23.5 Å². The summed E-state index contributed by atoms with van der Waals surface area (Å²) in [5.41, 5.74) is 3.29. The van der Waals surface area contributed by atoms with E-state index >= 15 is 0 Å². The van der Waals surface area contributed by atoms with Crippen molar-refractivity contribution in [3.63, 3.8) is 0 Å². The lowest BCUT2D eigenvalue weighted by molar-refractivity contribution is 0.0998. The zero-order valence-electron chi connectivity index (χ0n) is 11.8. The monoisotopic (exact) mass is 308 g/mol. The van der Waals surface area contributed by atoms with E-state index in [1.807, 2.05) is 41.9 Å². The first-order chi connectivity index (χ1) is 10.7. The molecule has 0 radical (unpaired) electrons. The molecule has 0 aliphatic heterocycles. The molecule has 1 amide bonds. The molecule has 0 fully saturated rings. The molecular weight excluding hydrogens is 296 g/mol. The van der Waals surface area contributed by atoms with Gasteiger partial charge in [0.2, 0.25) is 0 Å². The first-order valence-electron chi connectivity index (χ1n) is 6.79. The van der Waals surface area contributed by atoms with E-state index < -0.39 is 0 Å². The van der Waals surface area contributed by atoms with E-state index in [1.165, 1.54) is 11.3 Å². The number of carbonyl (C=O) groups excluding carboxylic acids is 1. The van der Waals surface area contributed by atoms with Gasteiger partial charge in [0.25, 0.3) is 5.91 Å². The molecule has 2 aromatic carbocycles. The molecule has 5 nitrogen and oxygen atoms in total. The summed E-state index contributed by atoms with van der Waals surface area (Å²) in [4.78, 5) is 24.5. The number of benzene rings is 2. The van der Waals surface area contributed by atoms with Gasteiger partial charge >= 0.3 is 0 Å². The van der Waals surface area contributed by atoms with E-state index in [2.05, 4.69) is 15.0 Å². The Balaban J connectivity index is 1.82. The average Bonchev–Trinajstić information content (AvgIpc) is 3.12. The topological polar surface area (TPSA) is 63.0 Å². The lowest BCUT2D eigenvalue weighted by atomic mass is 10.2. The summed E-state index contributed by atoms with van der Waals surface area (Å²) in [5.74, 6) is -0.251. The minimum absolute atomic E-state index is 0.251. The molecule has 0 unspecified atom stereocenters. The van der Waals surface area contributed by atoms with Crippen molar-refractivity contribution in [2.24, 2.45) is 12.0 Å². The smallest absolute Gasteiger partial charge is 0.279 e. The van der Waals surface area contributed by atoms with E-state index in [1.54, 1.807) is 18.5 Å². The molecule has 2 heterocycles. The Morgan fingerprint density at radius 1 is 1.27 bits per heavy atom. The second-order valence-corrected chi connectivity index (χ2v) is 5.97. The van der Waals surface area contributed by atoms with Crippen LogP contribution in [-0.2, 0) is 7.05 Å². The quantitative estimate of drug-likeness (QED) is 0.587. The van der Waals surface area contributed by atoms with Crippen LogP contribution in [0.4, 0.5) is 0 Å². The van der Waals surface area contributed by atoms with Crippen molar-refractivity contribution in [2.45, 2.75) is 0 Å². The summed E-state index contributed by atoms with van der Waals surface area (Å²) in [7, 11) is 1.92. The number of imidazole rings is 1. The Hall–Kier alpha value is -2.73. The molecule has 0 spiro atoms. The highest BCUT2D eigenvalue weighted by atomic mass is 32.1. The van der Waals surface area contributed by atoms with Gasteiger partial charge in [-0.05, 0) is 30.3 Å². The minimum atomic E-state index is -0.251. The maximum Gasteiger partial charge on any atom is 0.279 e. The first-order valence-corrected chi connectivity index (χ1v) is 7.61. The fraction of sp³-hybridized carbons (Fsp3) is 0.0625. The Morgan fingerprint density at radius 3 is 3.00 bits per heavy atom. The first kappa shape index (κ1) is 13.0. The van der Waals surface area contributed by atoms with Crippen molar-refractivity contribution in [1.82, 2.24) is 14.5 Å². The predicted molar refractivity (Wildman–Crippen MR) is 86.8 cm³/mol. The molecule has 108 valence electrons. The molecule has 0 aliphatic carbocycles. The number of nitrogens with zero attached hydrogens (tertiary/aromatic N) is 3. The van der Waals surface area contributed by atoms with Crippen LogP contribution in [0, 0.1) is 0 Å². The van der Waals surface area contributed by atoms with E-state index in [-0.39, 0.29) is 5.91 Å². The zero-order valence-corrected chi connectivity index (χ0v) is 12.6. The lowest BCUT2D eigenvalue weighted by Gasteiger charge is -1.96. The summed E-state index contributed by atoms with van der Waals surface area (Å²) >= 11 is 1.51. The van der Waals surface area contributed by atoms with Crippen LogP contribution in [0.2, 0.25) is 0 Å². The van der Waals surface area contributed by atoms with Crippen LogP contribution in [-0.4, -0.2) is 20.4 Å². The number of fused-ring (bicyclic) bond motifs is 2. The number of hydrogen-bond acceptors (Lipinski definition) is 3. The van der Waals surface area contributed by atoms with Crippen LogP contribution in [0.25, 0.3) is 21.3 Å². The van der Waals surface area contributed by atoms with Crippen molar-refractivity contribution in [1.29, 1.82) is 0 Å². The third kappa shape index (κ3) is 2.05. The van der Waals surface area contributed by atoms with Crippen molar-refractivity contribution in [3.8, 4) is 0 Å². The highest BCUT2D eigenvalue weighted by Crippen LogP contribution is 2.16. The van der Waals surface area contributed by atoms with Gasteiger partial charge in [-0.3, -0.25) is 4.79 Å². The molecule has 6 heteroatoms. The van der Waals surface area contributed by atoms with Gasteiger partial charge in [-0.15, -0.1) is 0 Å². The van der Waals surface area contributed by atoms with Gasteiger partial charge < -0.3 is 9.55 Å². The fourth-order valence-electron chi connectivity index (χ4n) is 2.41. The largest absolute Gasteiger partial charge is 0.345 e. The van der Waals surface area contributed by atoms with E-state index in [9.17, 15) is 4.79 Å². The Labute approximate surface area is 129 Å². The number of aromatic nitrogens is 3. The molecule has 22 heavy (non-hydrogen) atoms. The van der Waals surface area contributed by atoms with E-state index in [0.717, 1.165) is 21.3 Å². The Kier molecular flexibility index (Phi) is 2.90. The lowest BCUT2D eigenvalue weighted by Crippen LogP contribution is -2.13. The van der Waals surface area contributed by atoms with Crippen LogP contribution < -0.4 is 4.80 Å². The molecule has 0 saturated heterocycles. The summed E-state index contributed by atoms with van der Waals surface area (Å²) < 4.78 is 3.05. The minimum Gasteiger partial charge on any atom is -0.345 e. The van der Waals surface area contributed by atoms with Gasteiger partial charge in [0.15, 0.2) is 4.80 Å². The van der Waals surface area contributed by atoms with Gasteiger partial charge in [0, 0.05) is 12.6 Å². The van der Waals surface area contributed by atoms with Gasteiger partial charge in [0.05, 0.1) is 27.6 Å². The van der Waals surface area contributed by atoms with Crippen LogP contribution in [0.15, 0.2) is 53.8 Å². The molecule has 0 atom stereocenters. The second-order valence-electron chi connectivity index (χ2n) is 4.96. The highest BCUT2D eigenvalue weighted by Gasteiger charge is 2.08. The Bertz CT molecular complexity index is 1070. The third-order valence-electron chi connectivity index (χ3n) is 3.58. The van der Waals surface area contributed by atoms with Crippen LogP contribution in [0.3, 0.4) is 0 Å². The average molecular weight is 308 g/mol. The number of amides is 1. The molecule has 1 N–H and O–H groups in total. The number of thiazole rings is 1. The summed E-state index contributed by atoms with van der Waals surface area (Å²) in [5, 5.41) is 0. The SMILES string of the molecule is Cn1c(=NC(=O)c2ccc3nc[nH]c3c2)sc2ccccc21. The molecule has 0 saturated carbocycles. The fourth-order valence-corrected chi connectivity index (χ4v) is 3.42. The van der Waals surface area contributed by atoms with Gasteiger partial charge in [-0.2, -0.15) is 4.99 Å². The third-order valence-corrected chi connectivity index (χ3v) is 4.69. The molecule has 4 aromatic rings. The summed E-state index contributed by atoms with van der Waals surface area (Å²) in [6.45, 7) is 0. The van der Waals surface area contributed by atoms with Crippen molar-refractivity contribution >= 4 is 38.5 Å². The maximum atomic E-state index is 12.4. The highest BCUT2D eigenvalue weighted by molar-refractivity contribution is 7.16. The molecule has 0 aliphatic rings. The Morgan fingerprint density at radius 2 is 2.14 bits per heavy atom. The number of para-hydroxylation sites is 1. The standard InChI is InChI=1S/C16H12N4OS/c1-20-13-4-2-3-5-14(13)22-16(20)19-15(21)10-6-7-11-12(8-10)18-9-17-11/h2-9H,1H3,(H,17,18). The normalized spacial score (nSPS) is 12.3. The van der Waals surface area contributed by atoms with E-state index in [4.69, 9.17) is 0 Å². The van der Waals surface area contributed by atoms with Crippen molar-refractivity contribution in [3.05, 3.63) is 59.2 Å². The maximum absolute atomic E-state index is 12.4. The molecule has 0 bridgehead atoms. The number of rotatable bonds is 1.